The van der Waals surface area contributed by atoms with Crippen molar-refractivity contribution in [2.75, 3.05) is 26.4 Å². The lowest BCUT2D eigenvalue weighted by Crippen LogP contribution is -2.58. The van der Waals surface area contributed by atoms with E-state index in [0.29, 0.717) is 29.9 Å². The maximum absolute atomic E-state index is 13.1. The minimum absolute atomic E-state index is 0.0351. The van der Waals surface area contributed by atoms with Gasteiger partial charge >= 0.3 is 0 Å². The van der Waals surface area contributed by atoms with Crippen molar-refractivity contribution in [2.24, 2.45) is 0 Å². The topological polar surface area (TPSA) is 143 Å². The van der Waals surface area contributed by atoms with Crippen molar-refractivity contribution < 1.29 is 32.8 Å². The van der Waals surface area contributed by atoms with Gasteiger partial charge in [-0.15, -0.1) is 0 Å². The fourth-order valence-corrected chi connectivity index (χ4v) is 14.9. The molecule has 1 unspecified atom stereocenters. The fraction of sp³-hybridized carbons (Fsp3) is 0.419. The van der Waals surface area contributed by atoms with Crippen molar-refractivity contribution in [2.45, 2.75) is 87.8 Å². The Labute approximate surface area is 340 Å². The summed E-state index contributed by atoms with van der Waals surface area (Å²) in [5, 5.41) is 12.0. The number of benzene rings is 3. The van der Waals surface area contributed by atoms with Gasteiger partial charge in [-0.25, -0.2) is 14.6 Å². The van der Waals surface area contributed by atoms with E-state index in [4.69, 9.17) is 33.0 Å². The molecule has 0 radical (unpaired) electrons. The molecule has 6 heterocycles. The summed E-state index contributed by atoms with van der Waals surface area (Å²) in [6.07, 6.45) is 3.11. The molecule has 4 aliphatic heterocycles. The molecule has 9 rings (SSSR count). The Morgan fingerprint density at radius 3 is 2.45 bits per heavy atom. The number of ketones is 1. The molecule has 7 atom stereocenters. The van der Waals surface area contributed by atoms with E-state index in [1.54, 1.807) is 18.5 Å². The van der Waals surface area contributed by atoms with Crippen LogP contribution < -0.4 is 19.8 Å². The van der Waals surface area contributed by atoms with Gasteiger partial charge in [-0.2, -0.15) is 10.2 Å². The van der Waals surface area contributed by atoms with Crippen molar-refractivity contribution in [1.82, 2.24) is 24.2 Å². The highest BCUT2D eigenvalue weighted by atomic mass is 31.2. The fourth-order valence-electron chi connectivity index (χ4n) is 8.88. The van der Waals surface area contributed by atoms with Crippen LogP contribution in [0.25, 0.3) is 11.2 Å². The van der Waals surface area contributed by atoms with E-state index in [9.17, 15) is 10.1 Å². The summed E-state index contributed by atoms with van der Waals surface area (Å²) in [4.78, 5) is 27.1. The van der Waals surface area contributed by atoms with E-state index in [0.717, 1.165) is 25.4 Å². The third-order valence-electron chi connectivity index (χ3n) is 12.0. The quantitative estimate of drug-likeness (QED) is 0.0680. The van der Waals surface area contributed by atoms with Crippen LogP contribution in [0.5, 0.6) is 11.6 Å². The van der Waals surface area contributed by atoms with Crippen LogP contribution in [0.4, 0.5) is 0 Å². The minimum atomic E-state index is -2.18. The Morgan fingerprint density at radius 1 is 1.02 bits per heavy atom. The van der Waals surface area contributed by atoms with Gasteiger partial charge < -0.3 is 28.0 Å². The lowest BCUT2D eigenvalue weighted by Gasteiger charge is -2.32. The zero-order chi connectivity index (χ0) is 39.7. The van der Waals surface area contributed by atoms with Crippen LogP contribution in [0.2, 0.25) is 12.6 Å². The summed E-state index contributed by atoms with van der Waals surface area (Å²) >= 11 is 0. The van der Waals surface area contributed by atoms with Crippen LogP contribution in [-0.4, -0.2) is 94.4 Å². The highest BCUT2D eigenvalue weighted by molar-refractivity contribution is 7.45. The maximum Gasteiger partial charge on any atom is 0.259 e. The number of hydrogen-bond acceptors (Lipinski definition) is 12. The summed E-state index contributed by atoms with van der Waals surface area (Å²) in [6.45, 7) is 5.86. The van der Waals surface area contributed by atoms with E-state index >= 15 is 0 Å². The molecular formula is C43H47N6O7PSi. The molecule has 4 aliphatic rings. The summed E-state index contributed by atoms with van der Waals surface area (Å²) < 4.78 is 43.6. The van der Waals surface area contributed by atoms with Crippen LogP contribution in [-0.2, 0) is 29.7 Å². The summed E-state index contributed by atoms with van der Waals surface area (Å²) in [5.41, 5.74) is 0.127. The van der Waals surface area contributed by atoms with Crippen LogP contribution >= 0.6 is 8.53 Å². The largest absolute Gasteiger partial charge is 0.486 e. The molecule has 0 aliphatic carbocycles. The van der Waals surface area contributed by atoms with Gasteiger partial charge in [0.25, 0.3) is 8.53 Å². The molecular weight excluding hydrogens is 772 g/mol. The molecule has 0 spiro atoms. The lowest BCUT2D eigenvalue weighted by molar-refractivity contribution is -0.172. The molecule has 4 saturated heterocycles. The Morgan fingerprint density at radius 2 is 1.74 bits per heavy atom. The predicted molar refractivity (Wildman–Crippen MR) is 220 cm³/mol. The molecule has 0 N–H and O–H groups in total. The first kappa shape index (κ1) is 38.9. The number of hydrogen-bond donors (Lipinski definition) is 0. The van der Waals surface area contributed by atoms with Gasteiger partial charge in [-0.3, -0.25) is 9.36 Å². The van der Waals surface area contributed by atoms with Gasteiger partial charge in [-0.1, -0.05) is 103 Å². The zero-order valence-corrected chi connectivity index (χ0v) is 34.6. The Kier molecular flexibility index (Phi) is 11.1. The molecule has 3 aromatic carbocycles. The van der Waals surface area contributed by atoms with Crippen LogP contribution in [0.3, 0.4) is 0 Å². The second-order valence-corrected chi connectivity index (χ2v) is 21.2. The molecule has 58 heavy (non-hydrogen) atoms. The van der Waals surface area contributed by atoms with E-state index in [1.165, 1.54) is 10.4 Å². The number of Topliss-reactive ketones (excluding diaryl/α,β-unsaturated/α-hetero) is 1. The lowest BCUT2D eigenvalue weighted by atomic mass is 9.96. The maximum atomic E-state index is 13.1. The second kappa shape index (κ2) is 16.6. The van der Waals surface area contributed by atoms with Gasteiger partial charge in [0, 0.05) is 12.6 Å². The number of nitriles is 1. The second-order valence-electron chi connectivity index (χ2n) is 15.6. The monoisotopic (exact) mass is 818 g/mol. The van der Waals surface area contributed by atoms with E-state index in [2.05, 4.69) is 94.8 Å². The number of rotatable bonds is 16. The number of carbonyl (C=O) groups is 1. The van der Waals surface area contributed by atoms with Crippen LogP contribution in [0, 0.1) is 11.3 Å². The molecule has 13 nitrogen and oxygen atoms in total. The Bertz CT molecular complexity index is 2230. The summed E-state index contributed by atoms with van der Waals surface area (Å²) in [7, 11) is -3.57. The standard InChI is InChI=1S/C43H47N6O7PSi/c1-3-43-28-53-38(39(43)56-57-49-23-13-21-34(49)35(55-57)27-58(2,32-17-9-5-10-18-32)33-19-11-6-12-20-33)42(54-43)48-29-45-37-40(48)46-36(47-41(37)51-24-14-22-44)25-30(50)26-52-31-15-7-4-8-16-31/h4-12,15-20,29,34-35,38-39,42H,3,13-14,21,23-28H2,1-2H3/t34-,35+,38-,39?,42+,43+,57+/m0/s1. The number of nitrogens with zero attached hydrogens (tertiary/aromatic N) is 6. The molecule has 0 saturated carbocycles. The number of carbonyl (C=O) groups excluding carboxylic acids is 1. The van der Waals surface area contributed by atoms with Crippen molar-refractivity contribution >= 4 is 43.9 Å². The first-order valence-electron chi connectivity index (χ1n) is 20.1. The average molecular weight is 819 g/mol. The third-order valence-corrected chi connectivity index (χ3v) is 18.2. The average Bonchev–Trinajstić information content (AvgIpc) is 4.10. The number of aromatic nitrogens is 4. The highest BCUT2D eigenvalue weighted by Crippen LogP contribution is 2.61. The van der Waals surface area contributed by atoms with E-state index in [-0.39, 0.29) is 55.7 Å². The van der Waals surface area contributed by atoms with Crippen molar-refractivity contribution in [1.29, 1.82) is 5.26 Å². The molecule has 2 bridgehead atoms. The highest BCUT2D eigenvalue weighted by Gasteiger charge is 2.64. The molecule has 300 valence electrons. The van der Waals surface area contributed by atoms with Crippen molar-refractivity contribution in [3.63, 3.8) is 0 Å². The number of fused-ring (bicyclic) bond motifs is 4. The van der Waals surface area contributed by atoms with Gasteiger partial charge in [0.1, 0.15) is 50.7 Å². The normalized spacial score (nSPS) is 26.5. The molecule has 2 aromatic heterocycles. The summed E-state index contributed by atoms with van der Waals surface area (Å²) in [6, 6.07) is 34.4. The number of imidazole rings is 1. The van der Waals surface area contributed by atoms with Gasteiger partial charge in [-0.05, 0) is 37.4 Å². The summed E-state index contributed by atoms with van der Waals surface area (Å²) in [5.74, 6) is 0.840. The number of para-hydroxylation sites is 1. The SMILES string of the molecule is CC[C@@]12CO[C@@H](C1O[P@@]1O[C@H](C[Si](C)(c3ccccc3)c3ccccc3)[C@@H]3CCCN31)[C@H](n1cnc3c(OCCC#N)nc(CC(=O)COc4ccccc4)nc31)O2. The molecule has 0 amide bonds. The van der Waals surface area contributed by atoms with Gasteiger partial charge in [0.15, 0.2) is 23.2 Å². The van der Waals surface area contributed by atoms with E-state index in [1.807, 2.05) is 22.8 Å². The molecule has 15 heteroatoms. The van der Waals surface area contributed by atoms with Crippen molar-refractivity contribution in [3.8, 4) is 17.7 Å². The van der Waals surface area contributed by atoms with Gasteiger partial charge in [0.05, 0.1) is 37.9 Å². The minimum Gasteiger partial charge on any atom is -0.486 e. The van der Waals surface area contributed by atoms with E-state index < -0.39 is 40.6 Å². The first-order valence-corrected chi connectivity index (χ1v) is 24.0. The van der Waals surface area contributed by atoms with Crippen LogP contribution in [0.15, 0.2) is 97.3 Å². The zero-order valence-electron chi connectivity index (χ0n) is 32.7. The predicted octanol–water partition coefficient (Wildman–Crippen LogP) is 5.75. The van der Waals surface area contributed by atoms with Crippen LogP contribution in [0.1, 0.15) is 44.7 Å². The van der Waals surface area contributed by atoms with Gasteiger partial charge in [0.2, 0.25) is 5.88 Å². The molecule has 5 aromatic rings. The smallest absolute Gasteiger partial charge is 0.259 e. The first-order chi connectivity index (χ1) is 28.4. The number of ether oxygens (including phenoxy) is 4. The Hall–Kier alpha value is -4.58. The third kappa shape index (κ3) is 7.34. The van der Waals surface area contributed by atoms with Crippen molar-refractivity contribution in [3.05, 3.63) is 103 Å². The Balaban J connectivity index is 0.970. The molecule has 4 fully saturated rings.